The molecular weight excluding hydrogens is 344 g/mol. The predicted octanol–water partition coefficient (Wildman–Crippen LogP) is 3.73. The molecule has 0 fully saturated rings. The lowest BCUT2D eigenvalue weighted by Gasteiger charge is -2.06. The van der Waals surface area contributed by atoms with Gasteiger partial charge in [-0.1, -0.05) is 22.9 Å². The monoisotopic (exact) mass is 358 g/mol. The van der Waals surface area contributed by atoms with Gasteiger partial charge in [-0.2, -0.15) is 16.8 Å². The van der Waals surface area contributed by atoms with Crippen LogP contribution in [0.25, 0.3) is 0 Å². The number of aromatic nitrogens is 3. The smallest absolute Gasteiger partial charge is 0.209 e. The normalized spacial score (nSPS) is 15.9. The minimum Gasteiger partial charge on any atom is -0.263 e. The number of hydrogen-bond donors (Lipinski definition) is 0. The molecule has 0 saturated heterocycles. The van der Waals surface area contributed by atoms with E-state index in [4.69, 9.17) is 28.8 Å². The van der Waals surface area contributed by atoms with Gasteiger partial charge in [0.25, 0.3) is 0 Å². The number of fused-ring (bicyclic) bond motifs is 1. The van der Waals surface area contributed by atoms with Crippen molar-refractivity contribution in [2.24, 2.45) is 4.99 Å². The van der Waals surface area contributed by atoms with Crippen LogP contribution in [0.2, 0.25) is 5.02 Å². The minimum atomic E-state index is 0.679. The average Bonchev–Trinajstić information content (AvgIpc) is 2.64. The van der Waals surface area contributed by atoms with Crippen LogP contribution in [0.1, 0.15) is 11.3 Å². The molecule has 0 spiro atoms. The fraction of sp³-hybridized carbons (Fsp3) is 0.462. The Balaban J connectivity index is 2.17. The fourth-order valence-electron chi connectivity index (χ4n) is 2.16. The number of nitrogens with zero attached hydrogens (tertiary/aromatic N) is 4. The first-order valence-electron chi connectivity index (χ1n) is 6.63. The molecule has 8 heteroatoms. The van der Waals surface area contributed by atoms with Crippen molar-refractivity contribution in [2.45, 2.75) is 26.9 Å². The lowest BCUT2D eigenvalue weighted by molar-refractivity contribution is 0.482. The number of aryl methyl sites for hydroxylation is 2. The highest BCUT2D eigenvalue weighted by Crippen LogP contribution is 2.22. The summed E-state index contributed by atoms with van der Waals surface area (Å²) >= 11 is 15.1. The Morgan fingerprint density at radius 1 is 1.29 bits per heavy atom. The van der Waals surface area contributed by atoms with Gasteiger partial charge in [0.05, 0.1) is 23.8 Å². The van der Waals surface area contributed by atoms with Gasteiger partial charge in [0.1, 0.15) is 0 Å². The lowest BCUT2D eigenvalue weighted by atomic mass is 10.2. The van der Waals surface area contributed by atoms with Gasteiger partial charge < -0.3 is 0 Å². The van der Waals surface area contributed by atoms with Gasteiger partial charge in [0.2, 0.25) is 4.80 Å². The Morgan fingerprint density at radius 3 is 2.76 bits per heavy atom. The van der Waals surface area contributed by atoms with E-state index in [2.05, 4.69) is 14.3 Å². The van der Waals surface area contributed by atoms with Gasteiger partial charge in [-0.3, -0.25) is 9.36 Å². The Hall–Kier alpha value is -0.630. The highest BCUT2D eigenvalue weighted by atomic mass is 35.5. The van der Waals surface area contributed by atoms with Crippen molar-refractivity contribution in [3.63, 3.8) is 0 Å². The number of rotatable bonds is 1. The molecule has 112 valence electrons. The molecular formula is C13H15ClN4S3. The van der Waals surface area contributed by atoms with E-state index in [-0.39, 0.29) is 0 Å². The average molecular weight is 359 g/mol. The van der Waals surface area contributed by atoms with E-state index in [9.17, 15) is 0 Å². The van der Waals surface area contributed by atoms with Crippen molar-refractivity contribution in [2.75, 3.05) is 11.5 Å². The summed E-state index contributed by atoms with van der Waals surface area (Å²) in [5, 5.41) is 0.679. The topological polar surface area (TPSA) is 35.1 Å². The molecule has 0 aliphatic carbocycles. The van der Waals surface area contributed by atoms with Gasteiger partial charge >= 0.3 is 0 Å². The molecule has 0 radical (unpaired) electrons. The maximum atomic E-state index is 6.10. The van der Waals surface area contributed by atoms with Gasteiger partial charge in [-0.05, 0) is 37.7 Å². The first-order chi connectivity index (χ1) is 10.1. The molecule has 0 bridgehead atoms. The zero-order chi connectivity index (χ0) is 15.0. The van der Waals surface area contributed by atoms with E-state index in [1.807, 2.05) is 31.7 Å². The fourth-order valence-corrected chi connectivity index (χ4v) is 4.47. The number of pyridine rings is 1. The van der Waals surface area contributed by atoms with Gasteiger partial charge in [-0.15, -0.1) is 0 Å². The van der Waals surface area contributed by atoms with Crippen LogP contribution in [-0.2, 0) is 13.1 Å². The predicted molar refractivity (Wildman–Crippen MR) is 92.4 cm³/mol. The molecule has 21 heavy (non-hydrogen) atoms. The second-order valence-electron chi connectivity index (χ2n) is 4.82. The second-order valence-corrected chi connectivity index (χ2v) is 8.05. The van der Waals surface area contributed by atoms with Crippen LogP contribution in [0.4, 0.5) is 5.82 Å². The quantitative estimate of drug-likeness (QED) is 0.729. The summed E-state index contributed by atoms with van der Waals surface area (Å²) in [6, 6.07) is 1.91. The molecule has 0 saturated carbocycles. The highest BCUT2D eigenvalue weighted by Gasteiger charge is 2.11. The summed E-state index contributed by atoms with van der Waals surface area (Å²) in [5.74, 6) is 2.91. The summed E-state index contributed by atoms with van der Waals surface area (Å²) < 4.78 is 5.20. The third-order valence-electron chi connectivity index (χ3n) is 3.31. The Morgan fingerprint density at radius 2 is 2.00 bits per heavy atom. The lowest BCUT2D eigenvalue weighted by Crippen LogP contribution is -2.23. The van der Waals surface area contributed by atoms with Gasteiger partial charge in [-0.25, -0.2) is 4.98 Å². The zero-order valence-electron chi connectivity index (χ0n) is 11.8. The van der Waals surface area contributed by atoms with E-state index in [0.29, 0.717) is 5.02 Å². The molecule has 4 nitrogen and oxygen atoms in total. The summed E-state index contributed by atoms with van der Waals surface area (Å²) in [6.07, 6.45) is 0. The first kappa shape index (κ1) is 15.3. The minimum absolute atomic E-state index is 0.679. The van der Waals surface area contributed by atoms with Crippen molar-refractivity contribution < 1.29 is 0 Å². The van der Waals surface area contributed by atoms with E-state index in [0.717, 1.165) is 50.4 Å². The molecule has 0 N–H and O–H groups in total. The zero-order valence-corrected chi connectivity index (χ0v) is 15.0. The molecule has 0 atom stereocenters. The Kier molecular flexibility index (Phi) is 4.54. The van der Waals surface area contributed by atoms with Crippen LogP contribution in [-0.4, -0.2) is 25.9 Å². The van der Waals surface area contributed by atoms with E-state index in [1.165, 1.54) is 0 Å². The Labute approximate surface area is 141 Å². The third-order valence-corrected chi connectivity index (χ3v) is 5.97. The van der Waals surface area contributed by atoms with Crippen molar-refractivity contribution in [3.05, 3.63) is 31.1 Å². The number of thioether (sulfide) groups is 1. The van der Waals surface area contributed by atoms with Gasteiger partial charge in [0, 0.05) is 11.5 Å². The summed E-state index contributed by atoms with van der Waals surface area (Å²) in [7, 11) is 0. The second kappa shape index (κ2) is 6.24. The van der Waals surface area contributed by atoms with E-state index in [1.54, 1.807) is 11.3 Å². The maximum Gasteiger partial charge on any atom is 0.209 e. The van der Waals surface area contributed by atoms with Crippen molar-refractivity contribution in [1.29, 1.82) is 0 Å². The summed E-state index contributed by atoms with van der Waals surface area (Å²) in [4.78, 5) is 10.1. The molecule has 2 aromatic heterocycles. The third kappa shape index (κ3) is 3.11. The molecule has 1 aliphatic rings. The van der Waals surface area contributed by atoms with Gasteiger partial charge in [0.15, 0.2) is 9.77 Å². The van der Waals surface area contributed by atoms with Crippen LogP contribution in [0.5, 0.6) is 0 Å². The molecule has 3 rings (SSSR count). The first-order valence-corrected chi connectivity index (χ1v) is 9.39. The largest absolute Gasteiger partial charge is 0.263 e. The highest BCUT2D eigenvalue weighted by molar-refractivity contribution is 7.99. The van der Waals surface area contributed by atoms with E-state index < -0.39 is 0 Å². The van der Waals surface area contributed by atoms with Crippen molar-refractivity contribution >= 4 is 52.7 Å². The van der Waals surface area contributed by atoms with Crippen LogP contribution in [0.15, 0.2) is 11.1 Å². The van der Waals surface area contributed by atoms with Crippen LogP contribution >= 0.6 is 46.9 Å². The van der Waals surface area contributed by atoms with Crippen LogP contribution < -0.4 is 4.80 Å². The summed E-state index contributed by atoms with van der Waals surface area (Å²) in [6.45, 7) is 5.75. The van der Waals surface area contributed by atoms with Crippen LogP contribution in [0, 0.1) is 17.8 Å². The molecule has 3 heterocycles. The van der Waals surface area contributed by atoms with Crippen LogP contribution in [0.3, 0.4) is 0 Å². The molecule has 0 aromatic carbocycles. The molecule has 1 aliphatic heterocycles. The Bertz CT molecular complexity index is 803. The molecule has 0 unspecified atom stereocenters. The number of halogens is 1. The maximum absolute atomic E-state index is 6.10. The SMILES string of the molecule is Cc1cc(Cl)c(C)nc1N=c1sc(=S)n2n1CCSCC2. The molecule has 0 amide bonds. The van der Waals surface area contributed by atoms with Crippen molar-refractivity contribution in [3.8, 4) is 0 Å². The number of hydrogen-bond acceptors (Lipinski definition) is 5. The van der Waals surface area contributed by atoms with E-state index >= 15 is 0 Å². The standard InChI is InChI=1S/C13H15ClN4S3/c1-8-7-10(14)9(2)15-11(8)16-12-17-3-5-20-6-4-18(17)13(19)21-12/h7H,3-6H2,1-2H3. The molecule has 2 aromatic rings. The van der Waals surface area contributed by atoms with Crippen molar-refractivity contribution in [1.82, 2.24) is 14.3 Å². The summed E-state index contributed by atoms with van der Waals surface area (Å²) in [5.41, 5.74) is 1.78.